The Labute approximate surface area is 383 Å². The maximum absolute atomic E-state index is 2.45. The lowest BCUT2D eigenvalue weighted by atomic mass is 9.85. The maximum Gasteiger partial charge on any atom is 0.0619 e. The molecule has 66 heavy (non-hydrogen) atoms. The monoisotopic (exact) mass is 838 g/mol. The number of para-hydroxylation sites is 3. The second-order valence-corrected chi connectivity index (χ2v) is 17.2. The van der Waals surface area contributed by atoms with Crippen molar-refractivity contribution in [1.82, 2.24) is 4.57 Å². The minimum absolute atomic E-state index is 1.08. The molecular formula is C64H42N2. The molecule has 0 saturated heterocycles. The predicted octanol–water partition coefficient (Wildman–Crippen LogP) is 17.9. The minimum Gasteiger partial charge on any atom is -0.310 e. The second kappa shape index (κ2) is 15.5. The summed E-state index contributed by atoms with van der Waals surface area (Å²) < 4.78 is 2.43. The minimum atomic E-state index is 1.08. The first kappa shape index (κ1) is 37.8. The van der Waals surface area contributed by atoms with Crippen LogP contribution in [0.5, 0.6) is 0 Å². The molecule has 12 aromatic carbocycles. The lowest BCUT2D eigenvalue weighted by Crippen LogP contribution is -2.10. The largest absolute Gasteiger partial charge is 0.310 e. The van der Waals surface area contributed by atoms with Crippen molar-refractivity contribution in [3.8, 4) is 39.1 Å². The van der Waals surface area contributed by atoms with Crippen LogP contribution in [0.2, 0.25) is 0 Å². The summed E-state index contributed by atoms with van der Waals surface area (Å²) in [4.78, 5) is 2.45. The number of rotatable bonds is 7. The van der Waals surface area contributed by atoms with Crippen LogP contribution in [0.15, 0.2) is 255 Å². The number of hydrogen-bond donors (Lipinski definition) is 0. The summed E-state index contributed by atoms with van der Waals surface area (Å²) in [6.45, 7) is 0. The molecule has 0 aliphatic heterocycles. The molecule has 0 radical (unpaired) electrons. The first-order valence-electron chi connectivity index (χ1n) is 22.8. The lowest BCUT2D eigenvalue weighted by Gasteiger charge is -2.28. The van der Waals surface area contributed by atoms with Gasteiger partial charge in [-0.15, -0.1) is 0 Å². The maximum atomic E-state index is 2.45. The molecule has 0 spiro atoms. The first-order chi connectivity index (χ1) is 32.8. The average Bonchev–Trinajstić information content (AvgIpc) is 3.74. The SMILES string of the molecule is c1ccc(-c2c(-c3ccccc3)c3cc(N(c4cccc(-c5cccc6c7ccccc7n(-c7ccccc7)c56)c4)c4ccc5c(ccc6ccccc65)c4)ccc3c3ccccc23)cc1. The van der Waals surface area contributed by atoms with Crippen molar-refractivity contribution in [2.45, 2.75) is 0 Å². The highest BCUT2D eigenvalue weighted by molar-refractivity contribution is 6.22. The summed E-state index contributed by atoms with van der Waals surface area (Å²) in [5, 5.41) is 12.4. The number of fused-ring (bicyclic) bond motifs is 9. The van der Waals surface area contributed by atoms with Crippen LogP contribution < -0.4 is 4.90 Å². The van der Waals surface area contributed by atoms with Gasteiger partial charge in [0.25, 0.3) is 0 Å². The fourth-order valence-electron chi connectivity index (χ4n) is 10.6. The van der Waals surface area contributed by atoms with Gasteiger partial charge in [0.2, 0.25) is 0 Å². The Balaban J connectivity index is 1.09. The third kappa shape index (κ3) is 6.11. The van der Waals surface area contributed by atoms with E-state index in [2.05, 4.69) is 264 Å². The Morgan fingerprint density at radius 3 is 1.56 bits per heavy atom. The van der Waals surface area contributed by atoms with Gasteiger partial charge in [-0.2, -0.15) is 0 Å². The van der Waals surface area contributed by atoms with Crippen molar-refractivity contribution in [2.24, 2.45) is 0 Å². The molecule has 0 saturated carbocycles. The zero-order chi connectivity index (χ0) is 43.6. The molecule has 0 atom stereocenters. The predicted molar refractivity (Wildman–Crippen MR) is 282 cm³/mol. The van der Waals surface area contributed by atoms with Crippen molar-refractivity contribution in [2.75, 3.05) is 4.90 Å². The molecular weight excluding hydrogens is 797 g/mol. The zero-order valence-electron chi connectivity index (χ0n) is 36.1. The molecule has 13 aromatic rings. The van der Waals surface area contributed by atoms with E-state index in [0.29, 0.717) is 0 Å². The average molecular weight is 839 g/mol. The summed E-state index contributed by atoms with van der Waals surface area (Å²) in [5.41, 5.74) is 14.0. The summed E-state index contributed by atoms with van der Waals surface area (Å²) in [5.74, 6) is 0. The highest BCUT2D eigenvalue weighted by atomic mass is 15.1. The summed E-state index contributed by atoms with van der Waals surface area (Å²) in [6, 6.07) is 93.4. The van der Waals surface area contributed by atoms with Gasteiger partial charge in [0.1, 0.15) is 0 Å². The quantitative estimate of drug-likeness (QED) is 0.145. The van der Waals surface area contributed by atoms with E-state index in [0.717, 1.165) is 28.3 Å². The van der Waals surface area contributed by atoms with Gasteiger partial charge >= 0.3 is 0 Å². The van der Waals surface area contributed by atoms with Crippen molar-refractivity contribution >= 4 is 82.0 Å². The van der Waals surface area contributed by atoms with E-state index in [4.69, 9.17) is 0 Å². The second-order valence-electron chi connectivity index (χ2n) is 17.2. The zero-order valence-corrected chi connectivity index (χ0v) is 36.1. The van der Waals surface area contributed by atoms with E-state index in [1.165, 1.54) is 92.7 Å². The third-order valence-electron chi connectivity index (χ3n) is 13.5. The molecule has 0 N–H and O–H groups in total. The smallest absolute Gasteiger partial charge is 0.0619 e. The molecule has 0 aliphatic carbocycles. The Bertz CT molecular complexity index is 3980. The van der Waals surface area contributed by atoms with Crippen LogP contribution in [0.25, 0.3) is 104 Å². The van der Waals surface area contributed by atoms with Gasteiger partial charge in [-0.25, -0.2) is 0 Å². The van der Waals surface area contributed by atoms with Gasteiger partial charge in [0.05, 0.1) is 11.0 Å². The van der Waals surface area contributed by atoms with E-state index in [1.807, 2.05) is 0 Å². The molecule has 0 aliphatic rings. The molecule has 0 amide bonds. The van der Waals surface area contributed by atoms with E-state index >= 15 is 0 Å². The van der Waals surface area contributed by atoms with E-state index in [-0.39, 0.29) is 0 Å². The number of nitrogens with zero attached hydrogens (tertiary/aromatic N) is 2. The molecule has 0 bridgehead atoms. The number of benzene rings is 12. The Hall–Kier alpha value is -8.72. The summed E-state index contributed by atoms with van der Waals surface area (Å²) in [7, 11) is 0. The van der Waals surface area contributed by atoms with Crippen LogP contribution in [-0.4, -0.2) is 4.57 Å². The fraction of sp³-hybridized carbons (Fsp3) is 0. The molecule has 308 valence electrons. The van der Waals surface area contributed by atoms with Crippen LogP contribution in [0, 0.1) is 0 Å². The normalized spacial score (nSPS) is 11.6. The van der Waals surface area contributed by atoms with E-state index < -0.39 is 0 Å². The molecule has 1 heterocycles. The Morgan fingerprint density at radius 1 is 0.273 bits per heavy atom. The van der Waals surface area contributed by atoms with E-state index in [1.54, 1.807) is 0 Å². The molecule has 0 unspecified atom stereocenters. The Morgan fingerprint density at radius 2 is 0.788 bits per heavy atom. The highest BCUT2D eigenvalue weighted by Gasteiger charge is 2.22. The standard InChI is InChI=1S/C64H42N2/c1-4-19-44(20-5-1)62-58-30-13-12-28-55(58)56-39-37-51(42-60(56)63(62)45-21-6-2-7-22-45)65(50-36-38-53-47(41-50)35-34-43-18-10-11-27-52(43)53)49-26-16-23-46(40-49)54-31-17-32-59-57-29-14-15-33-61(57)66(64(54)59)48-24-8-3-9-25-48/h1-42H. The van der Waals surface area contributed by atoms with Crippen molar-refractivity contribution in [1.29, 1.82) is 0 Å². The van der Waals surface area contributed by atoms with Gasteiger partial charge in [0, 0.05) is 39.1 Å². The fourth-order valence-corrected chi connectivity index (χ4v) is 10.6. The Kier molecular flexibility index (Phi) is 8.89. The third-order valence-corrected chi connectivity index (χ3v) is 13.5. The van der Waals surface area contributed by atoms with Crippen molar-refractivity contribution in [3.05, 3.63) is 255 Å². The van der Waals surface area contributed by atoms with Crippen LogP contribution in [0.4, 0.5) is 17.1 Å². The van der Waals surface area contributed by atoms with Crippen LogP contribution >= 0.6 is 0 Å². The lowest BCUT2D eigenvalue weighted by molar-refractivity contribution is 1.18. The number of hydrogen-bond acceptors (Lipinski definition) is 1. The highest BCUT2D eigenvalue weighted by Crippen LogP contribution is 2.48. The van der Waals surface area contributed by atoms with Gasteiger partial charge in [-0.1, -0.05) is 200 Å². The van der Waals surface area contributed by atoms with Crippen molar-refractivity contribution in [3.63, 3.8) is 0 Å². The van der Waals surface area contributed by atoms with E-state index in [9.17, 15) is 0 Å². The molecule has 2 heteroatoms. The van der Waals surface area contributed by atoms with Crippen molar-refractivity contribution < 1.29 is 0 Å². The van der Waals surface area contributed by atoms with Gasteiger partial charge in [-0.05, 0) is 126 Å². The summed E-state index contributed by atoms with van der Waals surface area (Å²) in [6.07, 6.45) is 0. The molecule has 0 fully saturated rings. The van der Waals surface area contributed by atoms with Crippen LogP contribution in [-0.2, 0) is 0 Å². The van der Waals surface area contributed by atoms with Crippen LogP contribution in [0.1, 0.15) is 0 Å². The molecule has 13 rings (SSSR count). The van der Waals surface area contributed by atoms with Gasteiger partial charge < -0.3 is 9.47 Å². The first-order valence-corrected chi connectivity index (χ1v) is 22.8. The molecule has 1 aromatic heterocycles. The van der Waals surface area contributed by atoms with Gasteiger partial charge in [0.15, 0.2) is 0 Å². The molecule has 2 nitrogen and oxygen atoms in total. The topological polar surface area (TPSA) is 8.17 Å². The van der Waals surface area contributed by atoms with Gasteiger partial charge in [-0.3, -0.25) is 0 Å². The number of aromatic nitrogens is 1. The summed E-state index contributed by atoms with van der Waals surface area (Å²) >= 11 is 0. The number of anilines is 3. The van der Waals surface area contributed by atoms with Crippen LogP contribution in [0.3, 0.4) is 0 Å².